The first-order chi connectivity index (χ1) is 6.27. The molecule has 0 aliphatic heterocycles. The van der Waals surface area contributed by atoms with E-state index >= 15 is 0 Å². The van der Waals surface area contributed by atoms with E-state index in [1.54, 1.807) is 7.11 Å². The van der Waals surface area contributed by atoms with Gasteiger partial charge in [-0.05, 0) is 17.7 Å². The summed E-state index contributed by atoms with van der Waals surface area (Å²) in [5.41, 5.74) is 6.84. The molecule has 0 bridgehead atoms. The van der Waals surface area contributed by atoms with E-state index in [1.165, 1.54) is 0 Å². The number of terminal acetylenes is 1. The molecule has 2 N–H and O–H groups in total. The first-order valence-corrected chi connectivity index (χ1v) is 4.11. The highest BCUT2D eigenvalue weighted by Crippen LogP contribution is 2.18. The van der Waals surface area contributed by atoms with Crippen molar-refractivity contribution in [3.8, 4) is 18.1 Å². The number of methoxy groups -OCH3 is 1. The minimum atomic E-state index is -0.0971. The number of rotatable bonds is 3. The second-order valence-corrected chi connectivity index (χ2v) is 2.79. The van der Waals surface area contributed by atoms with Crippen molar-refractivity contribution >= 4 is 0 Å². The first kappa shape index (κ1) is 9.63. The number of hydrogen-bond donors (Lipinski definition) is 1. The summed E-state index contributed by atoms with van der Waals surface area (Å²) in [4.78, 5) is 0. The van der Waals surface area contributed by atoms with Crippen molar-refractivity contribution in [3.05, 3.63) is 29.8 Å². The Hall–Kier alpha value is -1.46. The van der Waals surface area contributed by atoms with E-state index in [0.29, 0.717) is 6.42 Å². The molecule has 1 rings (SSSR count). The maximum Gasteiger partial charge on any atom is 0.119 e. The van der Waals surface area contributed by atoms with Gasteiger partial charge in [-0.15, -0.1) is 12.3 Å². The molecule has 0 amide bonds. The van der Waals surface area contributed by atoms with Crippen molar-refractivity contribution in [1.82, 2.24) is 0 Å². The van der Waals surface area contributed by atoms with Gasteiger partial charge >= 0.3 is 0 Å². The van der Waals surface area contributed by atoms with Crippen molar-refractivity contribution in [2.24, 2.45) is 5.73 Å². The zero-order valence-corrected chi connectivity index (χ0v) is 7.66. The molecule has 1 unspecified atom stereocenters. The summed E-state index contributed by atoms with van der Waals surface area (Å²) >= 11 is 0. The lowest BCUT2D eigenvalue weighted by Gasteiger charge is -2.09. The Balaban J connectivity index is 2.83. The van der Waals surface area contributed by atoms with Crippen molar-refractivity contribution in [2.45, 2.75) is 12.5 Å². The molecule has 0 spiro atoms. The highest BCUT2D eigenvalue weighted by Gasteiger charge is 2.04. The van der Waals surface area contributed by atoms with Gasteiger partial charge in [0.15, 0.2) is 0 Å². The van der Waals surface area contributed by atoms with Crippen molar-refractivity contribution < 1.29 is 4.74 Å². The molecule has 0 aromatic heterocycles. The van der Waals surface area contributed by atoms with Crippen LogP contribution in [0.4, 0.5) is 0 Å². The largest absolute Gasteiger partial charge is 0.497 e. The van der Waals surface area contributed by atoms with Gasteiger partial charge < -0.3 is 10.5 Å². The van der Waals surface area contributed by atoms with E-state index in [4.69, 9.17) is 16.9 Å². The van der Waals surface area contributed by atoms with Crippen molar-refractivity contribution in [2.75, 3.05) is 7.11 Å². The highest BCUT2D eigenvalue weighted by molar-refractivity contribution is 5.30. The van der Waals surface area contributed by atoms with Gasteiger partial charge in [0.25, 0.3) is 0 Å². The van der Waals surface area contributed by atoms with Crippen LogP contribution in [0.2, 0.25) is 0 Å². The van der Waals surface area contributed by atoms with Gasteiger partial charge in [0, 0.05) is 12.5 Å². The summed E-state index contributed by atoms with van der Waals surface area (Å²) in [6, 6.07) is 7.54. The summed E-state index contributed by atoms with van der Waals surface area (Å²) in [6.07, 6.45) is 5.72. The molecule has 13 heavy (non-hydrogen) atoms. The van der Waals surface area contributed by atoms with Gasteiger partial charge in [0.2, 0.25) is 0 Å². The summed E-state index contributed by atoms with van der Waals surface area (Å²) in [6.45, 7) is 0. The molecule has 0 saturated heterocycles. The molecule has 0 saturated carbocycles. The molecule has 0 radical (unpaired) electrons. The van der Waals surface area contributed by atoms with Gasteiger partial charge in [-0.25, -0.2) is 0 Å². The van der Waals surface area contributed by atoms with Gasteiger partial charge in [-0.3, -0.25) is 0 Å². The zero-order valence-electron chi connectivity index (χ0n) is 7.66. The Morgan fingerprint density at radius 2 is 2.38 bits per heavy atom. The fourth-order valence-corrected chi connectivity index (χ4v) is 1.12. The lowest BCUT2D eigenvalue weighted by molar-refractivity contribution is 0.414. The van der Waals surface area contributed by atoms with Crippen LogP contribution in [0.5, 0.6) is 5.75 Å². The SMILES string of the molecule is C#CCC(N)c1cccc(OC)c1. The van der Waals surface area contributed by atoms with E-state index in [2.05, 4.69) is 5.92 Å². The number of benzene rings is 1. The maximum atomic E-state index is 5.83. The zero-order chi connectivity index (χ0) is 9.68. The van der Waals surface area contributed by atoms with Gasteiger partial charge in [-0.1, -0.05) is 12.1 Å². The van der Waals surface area contributed by atoms with E-state index in [1.807, 2.05) is 24.3 Å². The lowest BCUT2D eigenvalue weighted by atomic mass is 10.1. The molecule has 2 heteroatoms. The fourth-order valence-electron chi connectivity index (χ4n) is 1.12. The standard InChI is InChI=1S/C11H13NO/c1-3-5-11(12)9-6-4-7-10(8-9)13-2/h1,4,6-8,11H,5,12H2,2H3. The van der Waals surface area contributed by atoms with Crippen LogP contribution in [0.15, 0.2) is 24.3 Å². The van der Waals surface area contributed by atoms with E-state index in [-0.39, 0.29) is 6.04 Å². The normalized spacial score (nSPS) is 11.8. The van der Waals surface area contributed by atoms with Crippen LogP contribution < -0.4 is 10.5 Å². The number of hydrogen-bond acceptors (Lipinski definition) is 2. The van der Waals surface area contributed by atoms with Crippen LogP contribution >= 0.6 is 0 Å². The topological polar surface area (TPSA) is 35.2 Å². The summed E-state index contributed by atoms with van der Waals surface area (Å²) in [5.74, 6) is 3.35. The summed E-state index contributed by atoms with van der Waals surface area (Å²) in [7, 11) is 1.63. The Kier molecular flexibility index (Phi) is 3.36. The van der Waals surface area contributed by atoms with Gasteiger partial charge in [-0.2, -0.15) is 0 Å². The van der Waals surface area contributed by atoms with Gasteiger partial charge in [0.1, 0.15) is 5.75 Å². The molecule has 0 aliphatic rings. The average molecular weight is 175 g/mol. The van der Waals surface area contributed by atoms with Crippen LogP contribution in [-0.2, 0) is 0 Å². The third-order valence-corrected chi connectivity index (χ3v) is 1.86. The Bertz CT molecular complexity index is 314. The Morgan fingerprint density at radius 1 is 1.62 bits per heavy atom. The molecule has 0 heterocycles. The second-order valence-electron chi connectivity index (χ2n) is 2.79. The first-order valence-electron chi connectivity index (χ1n) is 4.11. The minimum Gasteiger partial charge on any atom is -0.497 e. The average Bonchev–Trinajstić information content (AvgIpc) is 2.18. The molecular weight excluding hydrogens is 162 g/mol. The lowest BCUT2D eigenvalue weighted by Crippen LogP contribution is -2.08. The summed E-state index contributed by atoms with van der Waals surface area (Å²) < 4.78 is 5.08. The van der Waals surface area contributed by atoms with E-state index in [0.717, 1.165) is 11.3 Å². The maximum absolute atomic E-state index is 5.83. The molecule has 1 aromatic carbocycles. The van der Waals surface area contributed by atoms with Crippen LogP contribution in [0, 0.1) is 12.3 Å². The Morgan fingerprint density at radius 3 is 3.00 bits per heavy atom. The van der Waals surface area contributed by atoms with Gasteiger partial charge in [0.05, 0.1) is 7.11 Å². The molecule has 0 fully saturated rings. The van der Waals surface area contributed by atoms with Crippen LogP contribution in [0.25, 0.3) is 0 Å². The van der Waals surface area contributed by atoms with Crippen molar-refractivity contribution in [3.63, 3.8) is 0 Å². The minimum absolute atomic E-state index is 0.0971. The molecule has 1 aromatic rings. The van der Waals surface area contributed by atoms with E-state index < -0.39 is 0 Å². The quantitative estimate of drug-likeness (QED) is 0.710. The third kappa shape index (κ3) is 2.50. The smallest absolute Gasteiger partial charge is 0.119 e. The fraction of sp³-hybridized carbons (Fsp3) is 0.273. The molecule has 0 aliphatic carbocycles. The predicted octanol–water partition coefficient (Wildman–Crippen LogP) is 1.72. The molecular formula is C11H13NO. The number of nitrogens with two attached hydrogens (primary N) is 1. The highest BCUT2D eigenvalue weighted by atomic mass is 16.5. The van der Waals surface area contributed by atoms with Crippen LogP contribution in [0.1, 0.15) is 18.0 Å². The second kappa shape index (κ2) is 4.54. The monoisotopic (exact) mass is 175 g/mol. The summed E-state index contributed by atoms with van der Waals surface area (Å²) in [5, 5.41) is 0. The third-order valence-electron chi connectivity index (χ3n) is 1.86. The van der Waals surface area contributed by atoms with Crippen molar-refractivity contribution in [1.29, 1.82) is 0 Å². The number of ether oxygens (including phenoxy) is 1. The predicted molar refractivity (Wildman–Crippen MR) is 53.4 cm³/mol. The van der Waals surface area contributed by atoms with Crippen LogP contribution in [0.3, 0.4) is 0 Å². The molecule has 68 valence electrons. The molecule has 2 nitrogen and oxygen atoms in total. The van der Waals surface area contributed by atoms with Crippen LogP contribution in [-0.4, -0.2) is 7.11 Å². The Labute approximate surface area is 78.7 Å². The molecule has 1 atom stereocenters. The van der Waals surface area contributed by atoms with E-state index in [9.17, 15) is 0 Å².